The molecule has 0 amide bonds. The van der Waals surface area contributed by atoms with Gasteiger partial charge in [-0.05, 0) is 15.9 Å². The van der Waals surface area contributed by atoms with E-state index in [-0.39, 0.29) is 4.60 Å². The van der Waals surface area contributed by atoms with Gasteiger partial charge in [-0.2, -0.15) is 4.39 Å². The van der Waals surface area contributed by atoms with Gasteiger partial charge in [-0.1, -0.05) is 0 Å². The van der Waals surface area contributed by atoms with Gasteiger partial charge in [-0.15, -0.1) is 0 Å². The first kappa shape index (κ1) is 7.53. The van der Waals surface area contributed by atoms with Crippen molar-refractivity contribution in [1.29, 1.82) is 0 Å². The predicted octanol–water partition coefficient (Wildman–Crippen LogP) is 2.26. The number of pyridine rings is 1. The molecule has 0 fully saturated rings. The van der Waals surface area contributed by atoms with Crippen LogP contribution in [-0.4, -0.2) is 4.98 Å². The summed E-state index contributed by atoms with van der Waals surface area (Å²) in [6.45, 7) is 0. The molecule has 5 heteroatoms. The number of aromatic nitrogens is 1. The first-order chi connectivity index (χ1) is 4.61. The van der Waals surface area contributed by atoms with E-state index in [9.17, 15) is 13.2 Å². The van der Waals surface area contributed by atoms with Crippen LogP contribution in [0.1, 0.15) is 0 Å². The Bertz CT molecular complexity index is 213. The minimum absolute atomic E-state index is 0.327. The smallest absolute Gasteiger partial charge is 0.207 e. The SMILES string of the molecule is Fc1cc(F)c(Br)nc1F. The molecule has 0 unspecified atom stereocenters. The monoisotopic (exact) mass is 211 g/mol. The van der Waals surface area contributed by atoms with Crippen molar-refractivity contribution in [2.45, 2.75) is 0 Å². The summed E-state index contributed by atoms with van der Waals surface area (Å²) in [5.41, 5.74) is 0. The van der Waals surface area contributed by atoms with Gasteiger partial charge in [0.05, 0.1) is 0 Å². The van der Waals surface area contributed by atoms with Gasteiger partial charge in [0.1, 0.15) is 4.60 Å². The Kier molecular flexibility index (Phi) is 1.94. The van der Waals surface area contributed by atoms with Gasteiger partial charge in [0.25, 0.3) is 0 Å². The summed E-state index contributed by atoms with van der Waals surface area (Å²) in [4.78, 5) is 2.87. The quantitative estimate of drug-likeness (QED) is 0.601. The molecule has 0 bridgehead atoms. The van der Waals surface area contributed by atoms with Gasteiger partial charge in [0.2, 0.25) is 5.95 Å². The molecule has 0 aliphatic heterocycles. The van der Waals surface area contributed by atoms with E-state index in [0.29, 0.717) is 6.07 Å². The fourth-order valence-corrected chi connectivity index (χ4v) is 0.693. The second-order valence-corrected chi connectivity index (χ2v) is 2.28. The third-order valence-corrected chi connectivity index (χ3v) is 1.40. The lowest BCUT2D eigenvalue weighted by Crippen LogP contribution is -1.92. The molecule has 1 rings (SSSR count). The molecule has 1 aromatic rings. The largest absolute Gasteiger partial charge is 0.250 e. The van der Waals surface area contributed by atoms with E-state index in [1.54, 1.807) is 0 Å². The summed E-state index contributed by atoms with van der Waals surface area (Å²) in [6, 6.07) is 0.423. The van der Waals surface area contributed by atoms with Crippen LogP contribution in [0.2, 0.25) is 0 Å². The molecule has 0 radical (unpaired) electrons. The Labute approximate surface area is 63.0 Å². The van der Waals surface area contributed by atoms with Crippen molar-refractivity contribution in [1.82, 2.24) is 4.98 Å². The predicted molar refractivity (Wildman–Crippen MR) is 31.8 cm³/mol. The minimum Gasteiger partial charge on any atom is -0.207 e. The summed E-state index contributed by atoms with van der Waals surface area (Å²) in [5, 5.41) is 0. The molecule has 10 heavy (non-hydrogen) atoms. The second-order valence-electron chi connectivity index (χ2n) is 1.53. The normalized spacial score (nSPS) is 10.0. The van der Waals surface area contributed by atoms with Crippen molar-refractivity contribution in [3.8, 4) is 0 Å². The van der Waals surface area contributed by atoms with E-state index in [2.05, 4.69) is 20.9 Å². The van der Waals surface area contributed by atoms with Crippen molar-refractivity contribution in [3.63, 3.8) is 0 Å². The highest BCUT2D eigenvalue weighted by Gasteiger charge is 2.07. The van der Waals surface area contributed by atoms with Crippen LogP contribution in [-0.2, 0) is 0 Å². The fraction of sp³-hybridized carbons (Fsp3) is 0. The fourth-order valence-electron chi connectivity index (χ4n) is 0.423. The van der Waals surface area contributed by atoms with Gasteiger partial charge in [0, 0.05) is 6.07 Å². The van der Waals surface area contributed by atoms with Gasteiger partial charge in [-0.3, -0.25) is 0 Å². The zero-order chi connectivity index (χ0) is 7.72. The van der Waals surface area contributed by atoms with Crippen LogP contribution in [0, 0.1) is 17.6 Å². The lowest BCUT2D eigenvalue weighted by Gasteiger charge is -1.93. The van der Waals surface area contributed by atoms with E-state index in [0.717, 1.165) is 0 Å². The molecule has 54 valence electrons. The Hall–Kier alpha value is -0.580. The molecule has 0 N–H and O–H groups in total. The standard InChI is InChI=1S/C5HBrF3N/c6-4-2(7)1-3(8)5(9)10-4/h1H. The van der Waals surface area contributed by atoms with E-state index >= 15 is 0 Å². The van der Waals surface area contributed by atoms with E-state index in [1.165, 1.54) is 0 Å². The maximum absolute atomic E-state index is 12.2. The third kappa shape index (κ3) is 1.29. The van der Waals surface area contributed by atoms with Crippen LogP contribution < -0.4 is 0 Å². The molecule has 1 aromatic heterocycles. The zero-order valence-electron chi connectivity index (χ0n) is 4.54. The molecule has 0 aliphatic carbocycles. The van der Waals surface area contributed by atoms with Crippen molar-refractivity contribution in [2.24, 2.45) is 0 Å². The van der Waals surface area contributed by atoms with Gasteiger partial charge >= 0.3 is 0 Å². The summed E-state index contributed by atoms with van der Waals surface area (Å²) >= 11 is 2.59. The molecule has 0 saturated carbocycles. The summed E-state index contributed by atoms with van der Waals surface area (Å²) < 4.78 is 36.1. The Balaban J connectivity index is 3.28. The third-order valence-electron chi connectivity index (χ3n) is 0.844. The number of hydrogen-bond acceptors (Lipinski definition) is 1. The van der Waals surface area contributed by atoms with Crippen molar-refractivity contribution >= 4 is 15.9 Å². The molecule has 1 nitrogen and oxygen atoms in total. The average Bonchev–Trinajstić information content (AvgIpc) is 1.84. The van der Waals surface area contributed by atoms with Crippen molar-refractivity contribution in [2.75, 3.05) is 0 Å². The van der Waals surface area contributed by atoms with Gasteiger partial charge < -0.3 is 0 Å². The van der Waals surface area contributed by atoms with Gasteiger partial charge in [-0.25, -0.2) is 13.8 Å². The van der Waals surface area contributed by atoms with Crippen LogP contribution in [0.25, 0.3) is 0 Å². The number of halogens is 4. The minimum atomic E-state index is -1.31. The highest BCUT2D eigenvalue weighted by atomic mass is 79.9. The topological polar surface area (TPSA) is 12.9 Å². The molecular weight excluding hydrogens is 211 g/mol. The number of rotatable bonds is 0. The molecule has 0 saturated heterocycles. The highest BCUT2D eigenvalue weighted by molar-refractivity contribution is 9.10. The van der Waals surface area contributed by atoms with E-state index in [1.807, 2.05) is 0 Å². The lowest BCUT2D eigenvalue weighted by atomic mass is 10.4. The van der Waals surface area contributed by atoms with Crippen LogP contribution in [0.4, 0.5) is 13.2 Å². The average molecular weight is 212 g/mol. The molecule has 0 atom stereocenters. The number of hydrogen-bond donors (Lipinski definition) is 0. The van der Waals surface area contributed by atoms with Crippen molar-refractivity contribution in [3.05, 3.63) is 28.3 Å². The van der Waals surface area contributed by atoms with Gasteiger partial charge in [0.15, 0.2) is 11.6 Å². The summed E-state index contributed by atoms with van der Waals surface area (Å²) in [6.07, 6.45) is 0. The van der Waals surface area contributed by atoms with Crippen LogP contribution in [0.15, 0.2) is 10.7 Å². The van der Waals surface area contributed by atoms with E-state index < -0.39 is 17.6 Å². The Morgan fingerprint density at radius 3 is 2.30 bits per heavy atom. The maximum Gasteiger partial charge on any atom is 0.250 e. The summed E-state index contributed by atoms with van der Waals surface area (Å²) in [7, 11) is 0. The first-order valence-corrected chi connectivity index (χ1v) is 3.07. The Morgan fingerprint density at radius 1 is 1.20 bits per heavy atom. The Morgan fingerprint density at radius 2 is 1.80 bits per heavy atom. The molecule has 0 spiro atoms. The van der Waals surface area contributed by atoms with Crippen molar-refractivity contribution < 1.29 is 13.2 Å². The van der Waals surface area contributed by atoms with Crippen LogP contribution in [0.5, 0.6) is 0 Å². The summed E-state index contributed by atoms with van der Waals surface area (Å²) in [5.74, 6) is -3.52. The molecule has 1 heterocycles. The second kappa shape index (κ2) is 2.57. The highest BCUT2D eigenvalue weighted by Crippen LogP contribution is 2.14. The maximum atomic E-state index is 12.2. The lowest BCUT2D eigenvalue weighted by molar-refractivity contribution is 0.460. The van der Waals surface area contributed by atoms with E-state index in [4.69, 9.17) is 0 Å². The zero-order valence-corrected chi connectivity index (χ0v) is 6.12. The molecule has 0 aliphatic rings. The molecular formula is C5HBrF3N. The molecule has 0 aromatic carbocycles. The first-order valence-electron chi connectivity index (χ1n) is 2.28. The number of nitrogens with zero attached hydrogens (tertiary/aromatic N) is 1. The van der Waals surface area contributed by atoms with Crippen LogP contribution >= 0.6 is 15.9 Å². The van der Waals surface area contributed by atoms with Crippen LogP contribution in [0.3, 0.4) is 0 Å².